The fraction of sp³-hybridized carbons (Fsp3) is 0.400. The van der Waals surface area contributed by atoms with Gasteiger partial charge in [0.2, 0.25) is 5.91 Å². The average Bonchev–Trinajstić information content (AvgIpc) is 3.25. The van der Waals surface area contributed by atoms with Crippen LogP contribution in [-0.2, 0) is 32.3 Å². The fourth-order valence-electron chi connectivity index (χ4n) is 4.71. The van der Waals surface area contributed by atoms with E-state index >= 15 is 0 Å². The molecule has 0 spiro atoms. The SMILES string of the molecule is CN(CC(=O)NC1CCS(=O)(=O)C1)CN1C(=O)NC(Cc2ccccc2)(Cc2ccccc2)C1=O. The molecule has 2 fully saturated rings. The molecule has 2 heterocycles. The molecule has 0 bridgehead atoms. The van der Waals surface area contributed by atoms with Crippen molar-refractivity contribution < 1.29 is 22.8 Å². The minimum absolute atomic E-state index is 0.0586. The van der Waals surface area contributed by atoms with Crippen LogP contribution in [0.3, 0.4) is 0 Å². The Morgan fingerprint density at radius 1 is 1.06 bits per heavy atom. The number of hydrogen-bond acceptors (Lipinski definition) is 6. The smallest absolute Gasteiger partial charge is 0.326 e. The molecule has 0 saturated carbocycles. The Hall–Kier alpha value is -3.24. The van der Waals surface area contributed by atoms with E-state index in [1.165, 1.54) is 0 Å². The topological polar surface area (TPSA) is 116 Å². The van der Waals surface area contributed by atoms with Gasteiger partial charge in [0.05, 0.1) is 24.7 Å². The van der Waals surface area contributed by atoms with E-state index in [0.29, 0.717) is 19.3 Å². The summed E-state index contributed by atoms with van der Waals surface area (Å²) in [5.41, 5.74) is 0.720. The van der Waals surface area contributed by atoms with Gasteiger partial charge in [-0.25, -0.2) is 18.1 Å². The van der Waals surface area contributed by atoms with E-state index < -0.39 is 27.4 Å². The summed E-state index contributed by atoms with van der Waals surface area (Å²) in [5, 5.41) is 5.66. The monoisotopic (exact) mass is 498 g/mol. The van der Waals surface area contributed by atoms with E-state index in [1.807, 2.05) is 60.7 Å². The van der Waals surface area contributed by atoms with Crippen molar-refractivity contribution in [2.45, 2.75) is 30.8 Å². The van der Waals surface area contributed by atoms with Gasteiger partial charge in [0, 0.05) is 18.9 Å². The fourth-order valence-corrected chi connectivity index (χ4v) is 6.39. The molecule has 0 aromatic heterocycles. The van der Waals surface area contributed by atoms with Crippen molar-refractivity contribution >= 4 is 27.7 Å². The van der Waals surface area contributed by atoms with Crippen molar-refractivity contribution in [1.29, 1.82) is 0 Å². The van der Waals surface area contributed by atoms with Crippen molar-refractivity contribution in [1.82, 2.24) is 20.4 Å². The highest BCUT2D eigenvalue weighted by molar-refractivity contribution is 7.91. The second-order valence-corrected chi connectivity index (χ2v) is 11.6. The predicted molar refractivity (Wildman–Crippen MR) is 131 cm³/mol. The lowest BCUT2D eigenvalue weighted by molar-refractivity contribution is -0.133. The first-order valence-electron chi connectivity index (χ1n) is 11.6. The van der Waals surface area contributed by atoms with Crippen molar-refractivity contribution in [3.05, 3.63) is 71.8 Å². The van der Waals surface area contributed by atoms with Gasteiger partial charge in [-0.15, -0.1) is 0 Å². The van der Waals surface area contributed by atoms with E-state index in [2.05, 4.69) is 10.6 Å². The molecule has 4 rings (SSSR count). The van der Waals surface area contributed by atoms with Gasteiger partial charge < -0.3 is 10.6 Å². The van der Waals surface area contributed by atoms with Crippen LogP contribution in [0.1, 0.15) is 17.5 Å². The Kier molecular flexibility index (Phi) is 7.23. The number of urea groups is 1. The first-order valence-corrected chi connectivity index (χ1v) is 13.4. The second-order valence-electron chi connectivity index (χ2n) is 9.39. The summed E-state index contributed by atoms with van der Waals surface area (Å²) in [7, 11) is -1.46. The molecule has 2 aromatic rings. The maximum absolute atomic E-state index is 13.7. The van der Waals surface area contributed by atoms with Crippen LogP contribution in [0.4, 0.5) is 4.79 Å². The third-order valence-electron chi connectivity index (χ3n) is 6.34. The molecule has 10 heteroatoms. The van der Waals surface area contributed by atoms with Crippen molar-refractivity contribution in [2.24, 2.45) is 0 Å². The van der Waals surface area contributed by atoms with E-state index in [1.54, 1.807) is 11.9 Å². The van der Waals surface area contributed by atoms with Crippen molar-refractivity contribution in [3.63, 3.8) is 0 Å². The lowest BCUT2D eigenvalue weighted by Gasteiger charge is -2.28. The van der Waals surface area contributed by atoms with Gasteiger partial charge in [-0.05, 0) is 24.6 Å². The number of rotatable bonds is 9. The number of likely N-dealkylation sites (N-methyl/N-ethyl adjacent to an activating group) is 1. The quantitative estimate of drug-likeness (QED) is 0.498. The number of benzene rings is 2. The standard InChI is InChI=1S/C25H30N4O5S/c1-28(16-22(30)26-21-12-13-35(33,34)17-21)18-29-23(31)25(27-24(29)32,14-19-8-4-2-5-9-19)15-20-10-6-3-7-11-20/h2-11,21H,12-18H2,1H3,(H,26,30)(H,27,32). The number of nitrogens with zero attached hydrogens (tertiary/aromatic N) is 2. The van der Waals surface area contributed by atoms with E-state index in [-0.39, 0.29) is 36.5 Å². The molecule has 2 aromatic carbocycles. The molecule has 1 atom stereocenters. The Balaban J connectivity index is 1.45. The summed E-state index contributed by atoms with van der Waals surface area (Å²) < 4.78 is 23.2. The highest BCUT2D eigenvalue weighted by Gasteiger charge is 2.51. The van der Waals surface area contributed by atoms with Crippen LogP contribution in [0.5, 0.6) is 0 Å². The maximum atomic E-state index is 13.7. The Morgan fingerprint density at radius 2 is 1.63 bits per heavy atom. The Morgan fingerprint density at radius 3 is 2.14 bits per heavy atom. The van der Waals surface area contributed by atoms with Crippen LogP contribution < -0.4 is 10.6 Å². The normalized spacial score (nSPS) is 20.7. The van der Waals surface area contributed by atoms with E-state index in [9.17, 15) is 22.8 Å². The summed E-state index contributed by atoms with van der Waals surface area (Å²) in [5.74, 6) is -0.677. The summed E-state index contributed by atoms with van der Waals surface area (Å²) in [6, 6.07) is 18.2. The van der Waals surface area contributed by atoms with E-state index in [4.69, 9.17) is 0 Å². The molecular formula is C25H30N4O5S. The number of carbonyl (C=O) groups excluding carboxylic acids is 3. The summed E-state index contributed by atoms with van der Waals surface area (Å²) in [6.45, 7) is -0.135. The lowest BCUT2D eigenvalue weighted by Crippen LogP contribution is -2.51. The van der Waals surface area contributed by atoms with Crippen LogP contribution in [0.15, 0.2) is 60.7 Å². The zero-order valence-electron chi connectivity index (χ0n) is 19.6. The number of amides is 4. The first kappa shape index (κ1) is 24.9. The number of hydrogen-bond donors (Lipinski definition) is 2. The number of carbonyl (C=O) groups is 3. The summed E-state index contributed by atoms with van der Waals surface area (Å²) in [6.07, 6.45) is 1.07. The summed E-state index contributed by atoms with van der Waals surface area (Å²) in [4.78, 5) is 41.7. The third-order valence-corrected chi connectivity index (χ3v) is 8.11. The van der Waals surface area contributed by atoms with Crippen LogP contribution in [0.2, 0.25) is 0 Å². The molecule has 9 nitrogen and oxygen atoms in total. The van der Waals surface area contributed by atoms with Crippen molar-refractivity contribution in [3.8, 4) is 0 Å². The van der Waals surface area contributed by atoms with Gasteiger partial charge in [-0.3, -0.25) is 14.5 Å². The number of imide groups is 1. The number of sulfone groups is 1. The lowest BCUT2D eigenvalue weighted by atomic mass is 9.84. The Labute approximate surface area is 205 Å². The third kappa shape index (κ3) is 6.07. The van der Waals surface area contributed by atoms with Crippen LogP contribution in [0, 0.1) is 0 Å². The van der Waals surface area contributed by atoms with Gasteiger partial charge in [-0.1, -0.05) is 60.7 Å². The minimum atomic E-state index is -3.10. The molecule has 35 heavy (non-hydrogen) atoms. The molecule has 2 N–H and O–H groups in total. The van der Waals surface area contributed by atoms with Gasteiger partial charge in [-0.2, -0.15) is 0 Å². The van der Waals surface area contributed by atoms with Crippen LogP contribution in [-0.4, -0.2) is 79.4 Å². The zero-order valence-corrected chi connectivity index (χ0v) is 20.5. The van der Waals surface area contributed by atoms with Gasteiger partial charge in [0.1, 0.15) is 5.54 Å². The van der Waals surface area contributed by atoms with Crippen LogP contribution in [0.25, 0.3) is 0 Å². The molecule has 4 amide bonds. The molecule has 2 aliphatic rings. The van der Waals surface area contributed by atoms with Crippen molar-refractivity contribution in [2.75, 3.05) is 31.8 Å². The second kappa shape index (κ2) is 10.2. The predicted octanol–water partition coefficient (Wildman–Crippen LogP) is 0.955. The maximum Gasteiger partial charge on any atom is 0.326 e. The number of nitrogens with one attached hydrogen (secondary N) is 2. The van der Waals surface area contributed by atoms with E-state index in [0.717, 1.165) is 16.0 Å². The Bertz CT molecular complexity index is 1150. The molecule has 2 saturated heterocycles. The average molecular weight is 499 g/mol. The molecule has 1 unspecified atom stereocenters. The molecule has 0 aliphatic carbocycles. The largest absolute Gasteiger partial charge is 0.351 e. The summed E-state index contributed by atoms with van der Waals surface area (Å²) >= 11 is 0. The first-order chi connectivity index (χ1) is 16.7. The zero-order chi connectivity index (χ0) is 25.1. The highest BCUT2D eigenvalue weighted by Crippen LogP contribution is 2.27. The van der Waals surface area contributed by atoms with Crippen LogP contribution >= 0.6 is 0 Å². The van der Waals surface area contributed by atoms with Gasteiger partial charge >= 0.3 is 6.03 Å². The molecule has 0 radical (unpaired) electrons. The minimum Gasteiger partial charge on any atom is -0.351 e. The molecule has 186 valence electrons. The molecule has 2 aliphatic heterocycles. The molecular weight excluding hydrogens is 468 g/mol. The van der Waals surface area contributed by atoms with Gasteiger partial charge in [0.15, 0.2) is 9.84 Å². The highest BCUT2D eigenvalue weighted by atomic mass is 32.2. The van der Waals surface area contributed by atoms with Gasteiger partial charge in [0.25, 0.3) is 5.91 Å².